The van der Waals surface area contributed by atoms with Gasteiger partial charge in [-0.2, -0.15) is 0 Å². The molecule has 10 nitrogen and oxygen atoms in total. The molecule has 47 heavy (non-hydrogen) atoms. The normalized spacial score (nSPS) is 28.7. The molecule has 6 heterocycles. The van der Waals surface area contributed by atoms with E-state index in [4.69, 9.17) is 23.9 Å². The van der Waals surface area contributed by atoms with E-state index in [1.807, 2.05) is 36.4 Å². The average molecular weight is 645 g/mol. The maximum Gasteiger partial charge on any atom is 0.335 e. The number of fused-ring (bicyclic) bond motifs is 4. The van der Waals surface area contributed by atoms with Crippen molar-refractivity contribution in [1.82, 2.24) is 9.88 Å². The number of pyridine rings is 1. The molecule has 248 valence electrons. The molecule has 5 aliphatic heterocycles. The molecular formula is C36H41FN4O6. The lowest BCUT2D eigenvalue weighted by Gasteiger charge is -2.41. The van der Waals surface area contributed by atoms with Gasteiger partial charge in [-0.3, -0.25) is 4.90 Å². The number of aromatic nitrogens is 1. The number of carbonyl (C=O) groups is 1. The molecule has 0 amide bonds. The molecule has 6 aliphatic rings. The summed E-state index contributed by atoms with van der Waals surface area (Å²) < 4.78 is 38.4. The molecule has 0 bridgehead atoms. The summed E-state index contributed by atoms with van der Waals surface area (Å²) in [4.78, 5) is 21.5. The maximum absolute atomic E-state index is 15.1. The number of carboxylic acids is 1. The van der Waals surface area contributed by atoms with Crippen molar-refractivity contribution in [3.63, 3.8) is 0 Å². The van der Waals surface area contributed by atoms with E-state index < -0.39 is 11.9 Å². The monoisotopic (exact) mass is 644 g/mol. The van der Waals surface area contributed by atoms with Crippen LogP contribution in [-0.2, 0) is 20.8 Å². The van der Waals surface area contributed by atoms with E-state index in [1.54, 1.807) is 18.2 Å². The highest BCUT2D eigenvalue weighted by molar-refractivity contribution is 5.92. The molecule has 0 radical (unpaired) electrons. The Labute approximate surface area is 273 Å². The van der Waals surface area contributed by atoms with E-state index in [0.717, 1.165) is 73.8 Å². The third-order valence-electron chi connectivity index (χ3n) is 10.4. The lowest BCUT2D eigenvalue weighted by molar-refractivity contribution is -0.0453. The van der Waals surface area contributed by atoms with Gasteiger partial charge in [0.1, 0.15) is 18.6 Å². The number of benzene rings is 1. The quantitative estimate of drug-likeness (QED) is 0.397. The minimum atomic E-state index is -0.926. The van der Waals surface area contributed by atoms with Crippen LogP contribution in [0.15, 0.2) is 66.0 Å². The molecule has 11 heteroatoms. The first-order valence-corrected chi connectivity index (χ1v) is 16.8. The Balaban J connectivity index is 0.929. The number of ether oxygens (including phenoxy) is 4. The second-order valence-electron chi connectivity index (χ2n) is 13.5. The first kappa shape index (κ1) is 30.6. The van der Waals surface area contributed by atoms with Crippen LogP contribution in [-0.4, -0.2) is 92.4 Å². The molecule has 2 N–H and O–H groups in total. The molecule has 2 aromatic rings. The Morgan fingerprint density at radius 2 is 2.02 bits per heavy atom. The first-order valence-electron chi connectivity index (χ1n) is 16.8. The lowest BCUT2D eigenvalue weighted by Crippen LogP contribution is -2.52. The molecule has 8 rings (SSSR count). The fraction of sp³-hybridized carbons (Fsp3) is 0.500. The van der Waals surface area contributed by atoms with Gasteiger partial charge in [-0.1, -0.05) is 18.2 Å². The van der Waals surface area contributed by atoms with E-state index >= 15 is 4.39 Å². The van der Waals surface area contributed by atoms with Crippen LogP contribution in [0.3, 0.4) is 0 Å². The van der Waals surface area contributed by atoms with Gasteiger partial charge in [0.25, 0.3) is 0 Å². The fourth-order valence-corrected chi connectivity index (χ4v) is 7.54. The van der Waals surface area contributed by atoms with Crippen LogP contribution in [0.25, 0.3) is 0 Å². The molecule has 1 aromatic carbocycles. The second kappa shape index (κ2) is 13.0. The number of rotatable bonds is 9. The van der Waals surface area contributed by atoms with Crippen LogP contribution < -0.4 is 15.0 Å². The van der Waals surface area contributed by atoms with Crippen molar-refractivity contribution in [2.45, 2.75) is 37.6 Å². The Kier molecular flexibility index (Phi) is 8.47. The zero-order valence-corrected chi connectivity index (χ0v) is 26.4. The van der Waals surface area contributed by atoms with Gasteiger partial charge >= 0.3 is 5.97 Å². The van der Waals surface area contributed by atoms with Crippen molar-refractivity contribution < 1.29 is 33.2 Å². The van der Waals surface area contributed by atoms with Crippen LogP contribution in [0.4, 0.5) is 15.8 Å². The van der Waals surface area contributed by atoms with Crippen LogP contribution in [0.1, 0.15) is 40.4 Å². The molecule has 0 spiro atoms. The molecule has 1 aliphatic carbocycles. The summed E-state index contributed by atoms with van der Waals surface area (Å²) in [5.41, 5.74) is 5.25. The summed E-state index contributed by atoms with van der Waals surface area (Å²) >= 11 is 0. The number of carboxylic acid groups (broad SMARTS) is 1. The van der Waals surface area contributed by atoms with E-state index in [2.05, 4.69) is 15.1 Å². The zero-order chi connectivity index (χ0) is 31.9. The Bertz CT molecular complexity index is 1600. The van der Waals surface area contributed by atoms with E-state index in [0.29, 0.717) is 32.3 Å². The summed E-state index contributed by atoms with van der Waals surface area (Å²) in [6.07, 6.45) is 9.48. The Morgan fingerprint density at radius 1 is 1.13 bits per heavy atom. The van der Waals surface area contributed by atoms with Gasteiger partial charge in [-0.15, -0.1) is 0 Å². The summed E-state index contributed by atoms with van der Waals surface area (Å²) in [6.45, 7) is 6.68. The number of piperidine rings is 1. The highest BCUT2D eigenvalue weighted by atomic mass is 19.1. The van der Waals surface area contributed by atoms with Gasteiger partial charge < -0.3 is 34.3 Å². The van der Waals surface area contributed by atoms with E-state index in [1.165, 1.54) is 0 Å². The number of likely N-dealkylation sites (tertiary alicyclic amines) is 1. The molecule has 1 aromatic heterocycles. The van der Waals surface area contributed by atoms with Gasteiger partial charge in [-0.05, 0) is 60.9 Å². The van der Waals surface area contributed by atoms with Crippen molar-refractivity contribution >= 4 is 17.3 Å². The third kappa shape index (κ3) is 6.29. The SMILES string of the molecule is O=C(O)c1ccc2c(c1)N(CC1CCO1)C(CN1CCC3c4nc(OCC5C=CC=C(C6COC6)C=C5F)ccc4COCC3C1)N2. The van der Waals surface area contributed by atoms with E-state index in [9.17, 15) is 9.90 Å². The molecule has 0 saturated carbocycles. The number of halogens is 1. The van der Waals surface area contributed by atoms with Crippen molar-refractivity contribution in [3.8, 4) is 5.88 Å². The van der Waals surface area contributed by atoms with Gasteiger partial charge in [0.15, 0.2) is 0 Å². The van der Waals surface area contributed by atoms with Gasteiger partial charge in [0.2, 0.25) is 5.88 Å². The van der Waals surface area contributed by atoms with Crippen LogP contribution in [0, 0.1) is 17.8 Å². The summed E-state index contributed by atoms with van der Waals surface area (Å²) in [6, 6.07) is 9.21. The lowest BCUT2D eigenvalue weighted by atomic mass is 9.82. The Morgan fingerprint density at radius 3 is 2.81 bits per heavy atom. The highest BCUT2D eigenvalue weighted by Gasteiger charge is 2.39. The second-order valence-corrected chi connectivity index (χ2v) is 13.5. The summed E-state index contributed by atoms with van der Waals surface area (Å²) in [7, 11) is 0. The van der Waals surface area contributed by atoms with Gasteiger partial charge in [0, 0.05) is 50.1 Å². The number of anilines is 2. The number of hydrogen-bond acceptors (Lipinski definition) is 9. The molecule has 3 saturated heterocycles. The predicted octanol–water partition coefficient (Wildman–Crippen LogP) is 4.75. The predicted molar refractivity (Wildman–Crippen MR) is 173 cm³/mol. The van der Waals surface area contributed by atoms with Crippen LogP contribution >= 0.6 is 0 Å². The van der Waals surface area contributed by atoms with Gasteiger partial charge in [0.05, 0.1) is 61.1 Å². The minimum absolute atomic E-state index is 0.00715. The number of nitrogens with zero attached hydrogens (tertiary/aromatic N) is 3. The standard InChI is InChI=1S/C36H41FN4O6/c37-30-12-22(27-19-45-20-27)2-1-3-24(30)21-47-34-7-5-25-17-44-18-26-14-40(10-8-29(26)35(25)39-34)16-33-38-31-6-4-23(36(42)43)13-32(31)41(33)15-28-9-11-46-28/h1-7,12-13,24,26-29,33,38H,8-11,14-21H2,(H,42,43). The summed E-state index contributed by atoms with van der Waals surface area (Å²) in [5.74, 6) is -0.310. The van der Waals surface area contributed by atoms with Crippen molar-refractivity contribution in [3.05, 3.63) is 82.9 Å². The number of nitrogens with one attached hydrogen (secondary N) is 1. The fourth-order valence-electron chi connectivity index (χ4n) is 7.54. The maximum atomic E-state index is 15.1. The number of aromatic carboxylic acids is 1. The highest BCUT2D eigenvalue weighted by Crippen LogP contribution is 2.40. The minimum Gasteiger partial charge on any atom is -0.478 e. The van der Waals surface area contributed by atoms with Crippen molar-refractivity contribution in [2.75, 3.05) is 69.4 Å². The third-order valence-corrected chi connectivity index (χ3v) is 10.4. The average Bonchev–Trinajstić information content (AvgIpc) is 3.11. The van der Waals surface area contributed by atoms with E-state index in [-0.39, 0.29) is 48.0 Å². The zero-order valence-electron chi connectivity index (χ0n) is 26.4. The molecule has 5 atom stereocenters. The number of allylic oxidation sites excluding steroid dienone is 3. The topological polar surface area (TPSA) is 106 Å². The summed E-state index contributed by atoms with van der Waals surface area (Å²) in [5, 5.41) is 13.3. The van der Waals surface area contributed by atoms with Gasteiger partial charge in [-0.25, -0.2) is 14.2 Å². The molecule has 5 unspecified atom stereocenters. The van der Waals surface area contributed by atoms with Crippen LogP contribution in [0.5, 0.6) is 5.88 Å². The molecule has 3 fully saturated rings. The smallest absolute Gasteiger partial charge is 0.335 e. The van der Waals surface area contributed by atoms with Crippen molar-refractivity contribution in [2.24, 2.45) is 17.8 Å². The van der Waals surface area contributed by atoms with Crippen molar-refractivity contribution in [1.29, 1.82) is 0 Å². The largest absolute Gasteiger partial charge is 0.478 e. The first-order chi connectivity index (χ1) is 23.0. The Hall–Kier alpha value is -3.77. The number of hydrogen-bond donors (Lipinski definition) is 2. The molecular weight excluding hydrogens is 603 g/mol. The van der Waals surface area contributed by atoms with Crippen LogP contribution in [0.2, 0.25) is 0 Å².